The predicted molar refractivity (Wildman–Crippen MR) is 116 cm³/mol. The normalized spacial score (nSPS) is 14.1. The quantitative estimate of drug-likeness (QED) is 0.617. The number of nitrogens with one attached hydrogen (secondary N) is 1. The molecular formula is C25H22N2O2. The second kappa shape index (κ2) is 7.76. The number of carbonyl (C=O) groups excluding carboxylic acids is 2. The summed E-state index contributed by atoms with van der Waals surface area (Å²) >= 11 is 0. The van der Waals surface area contributed by atoms with Crippen molar-refractivity contribution in [3.8, 4) is 0 Å². The zero-order valence-electron chi connectivity index (χ0n) is 16.4. The van der Waals surface area contributed by atoms with Crippen molar-refractivity contribution in [3.63, 3.8) is 0 Å². The van der Waals surface area contributed by atoms with Crippen molar-refractivity contribution in [2.24, 2.45) is 0 Å². The van der Waals surface area contributed by atoms with Crippen molar-refractivity contribution in [2.45, 2.75) is 19.8 Å². The molecule has 29 heavy (non-hydrogen) atoms. The van der Waals surface area contributed by atoms with E-state index in [1.54, 1.807) is 12.1 Å². The lowest BCUT2D eigenvalue weighted by Crippen LogP contribution is -2.32. The maximum Gasteiger partial charge on any atom is 0.282 e. The van der Waals surface area contributed by atoms with Crippen molar-refractivity contribution < 1.29 is 9.59 Å². The third-order valence-corrected chi connectivity index (χ3v) is 5.01. The molecule has 0 aromatic heterocycles. The second-order valence-corrected chi connectivity index (χ2v) is 7.30. The molecule has 4 heteroatoms. The van der Waals surface area contributed by atoms with E-state index in [9.17, 15) is 9.59 Å². The molecule has 0 spiro atoms. The summed E-state index contributed by atoms with van der Waals surface area (Å²) in [6.45, 7) is 4.27. The van der Waals surface area contributed by atoms with E-state index in [4.69, 9.17) is 0 Å². The number of carbonyl (C=O) groups is 2. The molecule has 1 heterocycles. The van der Waals surface area contributed by atoms with Crippen LogP contribution in [0, 0.1) is 0 Å². The molecule has 0 radical (unpaired) electrons. The molecule has 0 saturated heterocycles. The summed E-state index contributed by atoms with van der Waals surface area (Å²) < 4.78 is 0. The van der Waals surface area contributed by atoms with Crippen LogP contribution in [-0.2, 0) is 9.59 Å². The minimum Gasteiger partial charge on any atom is -0.350 e. The van der Waals surface area contributed by atoms with Crippen molar-refractivity contribution in [2.75, 3.05) is 10.2 Å². The van der Waals surface area contributed by atoms with Crippen molar-refractivity contribution in [3.05, 3.63) is 102 Å². The number of hydrogen-bond donors (Lipinski definition) is 1. The number of rotatable bonds is 5. The first-order chi connectivity index (χ1) is 14.1. The van der Waals surface area contributed by atoms with Gasteiger partial charge in [-0.2, -0.15) is 0 Å². The zero-order valence-corrected chi connectivity index (χ0v) is 16.4. The molecule has 4 rings (SSSR count). The number of para-hydroxylation sites is 1. The van der Waals surface area contributed by atoms with Crippen molar-refractivity contribution in [1.82, 2.24) is 0 Å². The smallest absolute Gasteiger partial charge is 0.282 e. The van der Waals surface area contributed by atoms with Gasteiger partial charge in [-0.1, -0.05) is 74.5 Å². The van der Waals surface area contributed by atoms with Gasteiger partial charge in [0.1, 0.15) is 5.70 Å². The van der Waals surface area contributed by atoms with E-state index in [-0.39, 0.29) is 11.8 Å². The number of amides is 2. The number of imide groups is 1. The Bertz CT molecular complexity index is 1070. The number of benzene rings is 3. The Kier molecular flexibility index (Phi) is 5.00. The van der Waals surface area contributed by atoms with Crippen LogP contribution in [0.4, 0.5) is 11.4 Å². The lowest BCUT2D eigenvalue weighted by Gasteiger charge is -2.15. The number of nitrogens with zero attached hydrogens (tertiary/aromatic N) is 1. The lowest BCUT2D eigenvalue weighted by molar-refractivity contribution is -0.120. The molecular weight excluding hydrogens is 360 g/mol. The minimum absolute atomic E-state index is 0.294. The van der Waals surface area contributed by atoms with Crippen LogP contribution in [0.2, 0.25) is 0 Å². The average molecular weight is 382 g/mol. The Morgan fingerprint density at radius 3 is 1.90 bits per heavy atom. The fraction of sp³-hybridized carbons (Fsp3) is 0.120. The first kappa shape index (κ1) is 18.7. The Morgan fingerprint density at radius 2 is 1.31 bits per heavy atom. The van der Waals surface area contributed by atoms with Gasteiger partial charge in [0.15, 0.2) is 0 Å². The molecule has 2 amide bonds. The monoisotopic (exact) mass is 382 g/mol. The summed E-state index contributed by atoms with van der Waals surface area (Å²) in [7, 11) is 0. The maximum atomic E-state index is 13.3. The van der Waals surface area contributed by atoms with Crippen LogP contribution in [-0.4, -0.2) is 11.8 Å². The van der Waals surface area contributed by atoms with Gasteiger partial charge in [-0.15, -0.1) is 0 Å². The molecule has 3 aromatic rings. The molecule has 1 N–H and O–H groups in total. The zero-order chi connectivity index (χ0) is 20.4. The Balaban J connectivity index is 1.76. The highest BCUT2D eigenvalue weighted by Crippen LogP contribution is 2.33. The van der Waals surface area contributed by atoms with Crippen molar-refractivity contribution >= 4 is 28.8 Å². The molecule has 1 aliphatic rings. The van der Waals surface area contributed by atoms with Gasteiger partial charge in [0.2, 0.25) is 0 Å². The van der Waals surface area contributed by atoms with E-state index in [1.807, 2.05) is 72.8 Å². The lowest BCUT2D eigenvalue weighted by atomic mass is 10.0. The molecule has 0 fully saturated rings. The second-order valence-electron chi connectivity index (χ2n) is 7.30. The van der Waals surface area contributed by atoms with Gasteiger partial charge in [-0.25, -0.2) is 4.90 Å². The van der Waals surface area contributed by atoms with Crippen LogP contribution in [0.15, 0.2) is 90.6 Å². The molecule has 0 unspecified atom stereocenters. The molecule has 0 aliphatic carbocycles. The number of hydrogen-bond acceptors (Lipinski definition) is 3. The van der Waals surface area contributed by atoms with Gasteiger partial charge >= 0.3 is 0 Å². The fourth-order valence-electron chi connectivity index (χ4n) is 3.43. The average Bonchev–Trinajstić information content (AvgIpc) is 2.99. The van der Waals surface area contributed by atoms with Crippen LogP contribution in [0.1, 0.15) is 30.9 Å². The van der Waals surface area contributed by atoms with Gasteiger partial charge in [0, 0.05) is 5.69 Å². The fourth-order valence-corrected chi connectivity index (χ4v) is 3.43. The standard InChI is InChI=1S/C25H22N2O2/c1-17(2)18-13-15-20(16-14-18)26-23-22(19-9-5-3-6-10-19)24(28)27(25(23)29)21-11-7-4-8-12-21/h3-17,26H,1-2H3. The Hall–Kier alpha value is -3.66. The van der Waals surface area contributed by atoms with Gasteiger partial charge in [-0.05, 0) is 41.3 Å². The van der Waals surface area contributed by atoms with E-state index < -0.39 is 0 Å². The third-order valence-electron chi connectivity index (χ3n) is 5.01. The van der Waals surface area contributed by atoms with Crippen LogP contribution in [0.5, 0.6) is 0 Å². The van der Waals surface area contributed by atoms with Crippen LogP contribution >= 0.6 is 0 Å². The van der Waals surface area contributed by atoms with Gasteiger partial charge < -0.3 is 5.32 Å². The van der Waals surface area contributed by atoms with Gasteiger partial charge in [0.25, 0.3) is 11.8 Å². The SMILES string of the molecule is CC(C)c1ccc(NC2=C(c3ccccc3)C(=O)N(c3ccccc3)C2=O)cc1. The maximum absolute atomic E-state index is 13.3. The van der Waals surface area contributed by atoms with Crippen molar-refractivity contribution in [1.29, 1.82) is 0 Å². The summed E-state index contributed by atoms with van der Waals surface area (Å²) in [5, 5.41) is 3.20. The molecule has 0 bridgehead atoms. The van der Waals surface area contributed by atoms with E-state index in [2.05, 4.69) is 19.2 Å². The van der Waals surface area contributed by atoms with Crippen LogP contribution < -0.4 is 10.2 Å². The molecule has 4 nitrogen and oxygen atoms in total. The summed E-state index contributed by atoms with van der Waals surface area (Å²) in [5.41, 5.74) is 3.93. The highest BCUT2D eigenvalue weighted by Gasteiger charge is 2.40. The van der Waals surface area contributed by atoms with E-state index in [1.165, 1.54) is 10.5 Å². The van der Waals surface area contributed by atoms with E-state index >= 15 is 0 Å². The number of anilines is 2. The molecule has 1 aliphatic heterocycles. The van der Waals surface area contributed by atoms with Crippen LogP contribution in [0.25, 0.3) is 5.57 Å². The summed E-state index contributed by atoms with van der Waals surface area (Å²) in [5.74, 6) is -0.256. The highest BCUT2D eigenvalue weighted by atomic mass is 16.2. The molecule has 3 aromatic carbocycles. The van der Waals surface area contributed by atoms with Crippen LogP contribution in [0.3, 0.4) is 0 Å². The largest absolute Gasteiger partial charge is 0.350 e. The predicted octanol–water partition coefficient (Wildman–Crippen LogP) is 5.21. The molecule has 144 valence electrons. The summed E-state index contributed by atoms with van der Waals surface area (Å²) in [6, 6.07) is 26.3. The Labute approximate surface area is 170 Å². The third kappa shape index (κ3) is 3.57. The first-order valence-electron chi connectivity index (χ1n) is 9.67. The van der Waals surface area contributed by atoms with E-state index in [0.717, 1.165) is 5.69 Å². The summed E-state index contributed by atoms with van der Waals surface area (Å²) in [6.07, 6.45) is 0. The van der Waals surface area contributed by atoms with Gasteiger partial charge in [0.05, 0.1) is 11.3 Å². The summed E-state index contributed by atoms with van der Waals surface area (Å²) in [4.78, 5) is 27.8. The molecule has 0 atom stereocenters. The highest BCUT2D eigenvalue weighted by molar-refractivity contribution is 6.46. The minimum atomic E-state index is -0.354. The van der Waals surface area contributed by atoms with Gasteiger partial charge in [-0.3, -0.25) is 9.59 Å². The van der Waals surface area contributed by atoms with E-state index in [0.29, 0.717) is 28.4 Å². The topological polar surface area (TPSA) is 49.4 Å². The Morgan fingerprint density at radius 1 is 0.724 bits per heavy atom. The first-order valence-corrected chi connectivity index (χ1v) is 9.67. The molecule has 0 saturated carbocycles.